The standard InChI is InChI=1S/C14H26N2O/c1-2-5-14-13(4-1)16(10-11-17-14)9-3-8-15-12-6-7-12/h12-15H,1-11H2. The monoisotopic (exact) mass is 238 g/mol. The van der Waals surface area contributed by atoms with Gasteiger partial charge in [-0.1, -0.05) is 12.8 Å². The second kappa shape index (κ2) is 5.68. The van der Waals surface area contributed by atoms with Crippen LogP contribution < -0.4 is 5.32 Å². The second-order valence-corrected chi connectivity index (χ2v) is 5.88. The highest BCUT2D eigenvalue weighted by molar-refractivity contribution is 4.87. The number of nitrogens with zero attached hydrogens (tertiary/aromatic N) is 1. The van der Waals surface area contributed by atoms with E-state index < -0.39 is 0 Å². The van der Waals surface area contributed by atoms with Crippen LogP contribution in [0.5, 0.6) is 0 Å². The van der Waals surface area contributed by atoms with Crippen LogP contribution in [0.25, 0.3) is 0 Å². The Morgan fingerprint density at radius 1 is 1.12 bits per heavy atom. The highest BCUT2D eigenvalue weighted by atomic mass is 16.5. The minimum Gasteiger partial charge on any atom is -0.375 e. The fourth-order valence-corrected chi connectivity index (χ4v) is 3.33. The lowest BCUT2D eigenvalue weighted by atomic mass is 9.90. The summed E-state index contributed by atoms with van der Waals surface area (Å²) in [5.74, 6) is 0. The van der Waals surface area contributed by atoms with E-state index in [2.05, 4.69) is 10.2 Å². The van der Waals surface area contributed by atoms with E-state index in [9.17, 15) is 0 Å². The summed E-state index contributed by atoms with van der Waals surface area (Å²) >= 11 is 0. The average molecular weight is 238 g/mol. The van der Waals surface area contributed by atoms with Crippen molar-refractivity contribution in [1.82, 2.24) is 10.2 Å². The highest BCUT2D eigenvalue weighted by Gasteiger charge is 2.33. The summed E-state index contributed by atoms with van der Waals surface area (Å²) in [6.45, 7) is 4.59. The van der Waals surface area contributed by atoms with Gasteiger partial charge in [-0.15, -0.1) is 0 Å². The van der Waals surface area contributed by atoms with Crippen molar-refractivity contribution in [2.45, 2.75) is 63.1 Å². The molecule has 2 atom stereocenters. The van der Waals surface area contributed by atoms with Gasteiger partial charge in [-0.05, 0) is 45.2 Å². The average Bonchev–Trinajstić information content (AvgIpc) is 3.19. The molecular weight excluding hydrogens is 212 g/mol. The fourth-order valence-electron chi connectivity index (χ4n) is 3.33. The number of nitrogens with one attached hydrogen (secondary N) is 1. The molecule has 1 aliphatic heterocycles. The van der Waals surface area contributed by atoms with E-state index in [4.69, 9.17) is 4.74 Å². The number of fused-ring (bicyclic) bond motifs is 1. The Labute approximate surface area is 105 Å². The van der Waals surface area contributed by atoms with Crippen LogP contribution in [0.2, 0.25) is 0 Å². The molecule has 2 aliphatic carbocycles. The molecule has 0 amide bonds. The third-order valence-electron chi connectivity index (χ3n) is 4.48. The van der Waals surface area contributed by atoms with Crippen molar-refractivity contribution in [3.63, 3.8) is 0 Å². The van der Waals surface area contributed by atoms with E-state index in [0.717, 1.165) is 25.2 Å². The van der Waals surface area contributed by atoms with Crippen LogP contribution in [0.3, 0.4) is 0 Å². The van der Waals surface area contributed by atoms with Crippen molar-refractivity contribution in [3.05, 3.63) is 0 Å². The quantitative estimate of drug-likeness (QED) is 0.739. The van der Waals surface area contributed by atoms with Gasteiger partial charge in [0.2, 0.25) is 0 Å². The molecule has 1 heterocycles. The zero-order valence-corrected chi connectivity index (χ0v) is 10.9. The molecule has 3 fully saturated rings. The van der Waals surface area contributed by atoms with Crippen LogP contribution in [-0.2, 0) is 4.74 Å². The van der Waals surface area contributed by atoms with Gasteiger partial charge < -0.3 is 10.1 Å². The predicted molar refractivity (Wildman–Crippen MR) is 69.2 cm³/mol. The first kappa shape index (κ1) is 11.9. The highest BCUT2D eigenvalue weighted by Crippen LogP contribution is 2.28. The van der Waals surface area contributed by atoms with E-state index in [1.807, 2.05) is 0 Å². The lowest BCUT2D eigenvalue weighted by Gasteiger charge is -2.43. The molecule has 0 aromatic heterocycles. The van der Waals surface area contributed by atoms with E-state index in [1.165, 1.54) is 58.0 Å². The smallest absolute Gasteiger partial charge is 0.0730 e. The van der Waals surface area contributed by atoms with Crippen molar-refractivity contribution < 1.29 is 4.74 Å². The normalized spacial score (nSPS) is 34.6. The van der Waals surface area contributed by atoms with Gasteiger partial charge >= 0.3 is 0 Å². The number of rotatable bonds is 5. The first-order chi connectivity index (χ1) is 8.43. The molecule has 0 bridgehead atoms. The molecule has 0 radical (unpaired) electrons. The molecule has 3 nitrogen and oxygen atoms in total. The van der Waals surface area contributed by atoms with Crippen molar-refractivity contribution >= 4 is 0 Å². The Morgan fingerprint density at radius 3 is 2.88 bits per heavy atom. The Balaban J connectivity index is 1.40. The Hall–Kier alpha value is -0.120. The molecule has 2 unspecified atom stereocenters. The molecule has 0 aromatic carbocycles. The minimum absolute atomic E-state index is 0.550. The van der Waals surface area contributed by atoms with Crippen LogP contribution in [0, 0.1) is 0 Å². The maximum atomic E-state index is 5.91. The maximum absolute atomic E-state index is 5.91. The Bertz CT molecular complexity index is 240. The van der Waals surface area contributed by atoms with E-state index in [-0.39, 0.29) is 0 Å². The lowest BCUT2D eigenvalue weighted by Crippen LogP contribution is -2.53. The van der Waals surface area contributed by atoms with Gasteiger partial charge in [0, 0.05) is 18.6 Å². The lowest BCUT2D eigenvalue weighted by molar-refractivity contribution is -0.0880. The molecule has 1 N–H and O–H groups in total. The summed E-state index contributed by atoms with van der Waals surface area (Å²) < 4.78 is 5.91. The number of morpholine rings is 1. The predicted octanol–water partition coefficient (Wildman–Crippen LogP) is 1.77. The molecular formula is C14H26N2O. The first-order valence-corrected chi connectivity index (χ1v) is 7.52. The van der Waals surface area contributed by atoms with Crippen LogP contribution >= 0.6 is 0 Å². The number of hydrogen-bond acceptors (Lipinski definition) is 3. The first-order valence-electron chi connectivity index (χ1n) is 7.52. The zero-order chi connectivity index (χ0) is 11.5. The summed E-state index contributed by atoms with van der Waals surface area (Å²) in [5, 5.41) is 3.61. The third kappa shape index (κ3) is 3.21. The van der Waals surface area contributed by atoms with Crippen molar-refractivity contribution in [2.24, 2.45) is 0 Å². The summed E-state index contributed by atoms with van der Waals surface area (Å²) in [6.07, 6.45) is 10.1. The van der Waals surface area contributed by atoms with Crippen molar-refractivity contribution in [2.75, 3.05) is 26.2 Å². The molecule has 1 saturated heterocycles. The van der Waals surface area contributed by atoms with Crippen LogP contribution in [0.1, 0.15) is 44.9 Å². The number of hydrogen-bond donors (Lipinski definition) is 1. The molecule has 0 aromatic rings. The fraction of sp³-hybridized carbons (Fsp3) is 1.00. The van der Waals surface area contributed by atoms with E-state index in [1.54, 1.807) is 0 Å². The SMILES string of the molecule is C1CCC2C(C1)OCCN2CCCNC1CC1. The second-order valence-electron chi connectivity index (χ2n) is 5.88. The largest absolute Gasteiger partial charge is 0.375 e. The van der Waals surface area contributed by atoms with Gasteiger partial charge in [-0.25, -0.2) is 0 Å². The summed E-state index contributed by atoms with van der Waals surface area (Å²) in [5.41, 5.74) is 0. The summed E-state index contributed by atoms with van der Waals surface area (Å²) in [7, 11) is 0. The third-order valence-corrected chi connectivity index (χ3v) is 4.48. The van der Waals surface area contributed by atoms with E-state index >= 15 is 0 Å². The van der Waals surface area contributed by atoms with Crippen LogP contribution in [-0.4, -0.2) is 49.3 Å². The Morgan fingerprint density at radius 2 is 2.00 bits per heavy atom. The van der Waals surface area contributed by atoms with Gasteiger partial charge in [-0.2, -0.15) is 0 Å². The maximum Gasteiger partial charge on any atom is 0.0730 e. The topological polar surface area (TPSA) is 24.5 Å². The van der Waals surface area contributed by atoms with E-state index in [0.29, 0.717) is 6.10 Å². The van der Waals surface area contributed by atoms with Crippen LogP contribution in [0.15, 0.2) is 0 Å². The molecule has 3 rings (SSSR count). The molecule has 3 heteroatoms. The van der Waals surface area contributed by atoms with Gasteiger partial charge in [0.05, 0.1) is 12.7 Å². The minimum atomic E-state index is 0.550. The van der Waals surface area contributed by atoms with Crippen molar-refractivity contribution in [1.29, 1.82) is 0 Å². The van der Waals surface area contributed by atoms with Gasteiger partial charge in [-0.3, -0.25) is 4.90 Å². The molecule has 0 spiro atoms. The molecule has 2 saturated carbocycles. The summed E-state index contributed by atoms with van der Waals surface area (Å²) in [6, 6.07) is 1.60. The van der Waals surface area contributed by atoms with Crippen LogP contribution in [0.4, 0.5) is 0 Å². The molecule has 98 valence electrons. The van der Waals surface area contributed by atoms with Crippen molar-refractivity contribution in [3.8, 4) is 0 Å². The Kier molecular flexibility index (Phi) is 3.99. The zero-order valence-electron chi connectivity index (χ0n) is 10.9. The van der Waals surface area contributed by atoms with Gasteiger partial charge in [0.25, 0.3) is 0 Å². The van der Waals surface area contributed by atoms with Gasteiger partial charge in [0.15, 0.2) is 0 Å². The summed E-state index contributed by atoms with van der Waals surface area (Å²) in [4.78, 5) is 2.70. The molecule has 17 heavy (non-hydrogen) atoms. The van der Waals surface area contributed by atoms with Gasteiger partial charge in [0.1, 0.15) is 0 Å². The molecule has 3 aliphatic rings. The number of ether oxygens (including phenoxy) is 1.